The Morgan fingerprint density at radius 1 is 1.23 bits per heavy atom. The minimum Gasteiger partial charge on any atom is -0.330 e. The van der Waals surface area contributed by atoms with Crippen LogP contribution in [0.5, 0.6) is 0 Å². The van der Waals surface area contributed by atoms with E-state index in [1.807, 2.05) is 0 Å². The SMILES string of the molecule is NCCC1(C2CC(F)(F)C2)CCC1. The summed E-state index contributed by atoms with van der Waals surface area (Å²) in [4.78, 5) is 0. The first-order chi connectivity index (χ1) is 6.08. The van der Waals surface area contributed by atoms with Crippen LogP contribution in [0.4, 0.5) is 8.78 Å². The quantitative estimate of drug-likeness (QED) is 0.725. The van der Waals surface area contributed by atoms with Crippen LogP contribution in [0.25, 0.3) is 0 Å². The zero-order valence-corrected chi connectivity index (χ0v) is 7.86. The predicted molar refractivity (Wildman–Crippen MR) is 47.6 cm³/mol. The standard InChI is InChI=1S/C10H17F2N/c11-10(12)6-8(7-10)9(4-5-13)2-1-3-9/h8H,1-7,13H2. The van der Waals surface area contributed by atoms with Gasteiger partial charge in [-0.2, -0.15) is 0 Å². The van der Waals surface area contributed by atoms with E-state index in [9.17, 15) is 8.78 Å². The molecule has 0 heterocycles. The van der Waals surface area contributed by atoms with Crippen LogP contribution in [0.2, 0.25) is 0 Å². The Hall–Kier alpha value is -0.180. The van der Waals surface area contributed by atoms with Gasteiger partial charge in [-0.15, -0.1) is 0 Å². The van der Waals surface area contributed by atoms with Gasteiger partial charge < -0.3 is 5.73 Å². The van der Waals surface area contributed by atoms with Crippen LogP contribution in [0.15, 0.2) is 0 Å². The van der Waals surface area contributed by atoms with Gasteiger partial charge in [0.2, 0.25) is 5.92 Å². The second-order valence-corrected chi connectivity index (χ2v) is 4.72. The third-order valence-corrected chi connectivity index (χ3v) is 3.95. The normalized spacial score (nSPS) is 30.7. The van der Waals surface area contributed by atoms with Crippen LogP contribution >= 0.6 is 0 Å². The van der Waals surface area contributed by atoms with E-state index in [1.165, 1.54) is 6.42 Å². The largest absolute Gasteiger partial charge is 0.330 e. The van der Waals surface area contributed by atoms with Crippen molar-refractivity contribution in [1.29, 1.82) is 0 Å². The van der Waals surface area contributed by atoms with Crippen molar-refractivity contribution in [1.82, 2.24) is 0 Å². The Morgan fingerprint density at radius 2 is 1.85 bits per heavy atom. The van der Waals surface area contributed by atoms with Gasteiger partial charge in [0.05, 0.1) is 0 Å². The molecule has 2 aliphatic rings. The molecule has 76 valence electrons. The van der Waals surface area contributed by atoms with E-state index in [-0.39, 0.29) is 24.2 Å². The summed E-state index contributed by atoms with van der Waals surface area (Å²) in [6, 6.07) is 0. The lowest BCUT2D eigenvalue weighted by Gasteiger charge is -2.54. The summed E-state index contributed by atoms with van der Waals surface area (Å²) in [5, 5.41) is 0. The molecule has 2 saturated carbocycles. The van der Waals surface area contributed by atoms with Gasteiger partial charge in [-0.05, 0) is 37.1 Å². The lowest BCUT2D eigenvalue weighted by atomic mass is 9.53. The van der Waals surface area contributed by atoms with Crippen LogP contribution in [0, 0.1) is 11.3 Å². The highest BCUT2D eigenvalue weighted by molar-refractivity contribution is 5.01. The maximum absolute atomic E-state index is 12.7. The molecule has 0 aliphatic heterocycles. The molecule has 0 unspecified atom stereocenters. The van der Waals surface area contributed by atoms with E-state index < -0.39 is 5.92 Å². The molecule has 1 nitrogen and oxygen atoms in total. The second-order valence-electron chi connectivity index (χ2n) is 4.72. The highest BCUT2D eigenvalue weighted by Gasteiger charge is 2.56. The van der Waals surface area contributed by atoms with Crippen molar-refractivity contribution in [2.75, 3.05) is 6.54 Å². The summed E-state index contributed by atoms with van der Waals surface area (Å²) in [7, 11) is 0. The predicted octanol–water partition coefficient (Wildman–Crippen LogP) is 2.55. The smallest absolute Gasteiger partial charge is 0.248 e. The van der Waals surface area contributed by atoms with Crippen LogP contribution in [-0.4, -0.2) is 12.5 Å². The fourth-order valence-corrected chi connectivity index (χ4v) is 2.87. The van der Waals surface area contributed by atoms with Crippen molar-refractivity contribution in [2.24, 2.45) is 17.1 Å². The highest BCUT2D eigenvalue weighted by Crippen LogP contribution is 2.60. The minimum absolute atomic E-state index is 0.118. The molecule has 2 N–H and O–H groups in total. The van der Waals surface area contributed by atoms with Gasteiger partial charge in [0.25, 0.3) is 0 Å². The molecule has 2 fully saturated rings. The molecule has 3 heteroatoms. The van der Waals surface area contributed by atoms with Crippen molar-refractivity contribution in [3.05, 3.63) is 0 Å². The molecule has 13 heavy (non-hydrogen) atoms. The highest BCUT2D eigenvalue weighted by atomic mass is 19.3. The summed E-state index contributed by atoms with van der Waals surface area (Å²) in [6.07, 6.45) is 4.66. The lowest BCUT2D eigenvalue weighted by Crippen LogP contribution is -2.50. The Labute approximate surface area is 77.7 Å². The summed E-state index contributed by atoms with van der Waals surface area (Å²) in [6.45, 7) is 0.655. The zero-order valence-electron chi connectivity index (χ0n) is 7.86. The molecule has 0 aromatic carbocycles. The topological polar surface area (TPSA) is 26.0 Å². The first-order valence-corrected chi connectivity index (χ1v) is 5.16. The molecule has 2 aliphatic carbocycles. The van der Waals surface area contributed by atoms with Crippen LogP contribution < -0.4 is 5.73 Å². The average Bonchev–Trinajstić information content (AvgIpc) is 1.92. The Kier molecular flexibility index (Phi) is 2.10. The van der Waals surface area contributed by atoms with E-state index in [0.717, 1.165) is 19.3 Å². The number of hydrogen-bond donors (Lipinski definition) is 1. The van der Waals surface area contributed by atoms with Gasteiger partial charge in [0, 0.05) is 12.8 Å². The van der Waals surface area contributed by atoms with E-state index >= 15 is 0 Å². The fraction of sp³-hybridized carbons (Fsp3) is 1.00. The number of hydrogen-bond acceptors (Lipinski definition) is 1. The molecule has 2 rings (SSSR count). The first-order valence-electron chi connectivity index (χ1n) is 5.16. The number of rotatable bonds is 3. The molecule has 0 amide bonds. The van der Waals surface area contributed by atoms with Crippen molar-refractivity contribution < 1.29 is 8.78 Å². The van der Waals surface area contributed by atoms with Gasteiger partial charge in [-0.1, -0.05) is 6.42 Å². The average molecular weight is 189 g/mol. The van der Waals surface area contributed by atoms with E-state index in [4.69, 9.17) is 5.73 Å². The molecular formula is C10H17F2N. The van der Waals surface area contributed by atoms with Crippen molar-refractivity contribution >= 4 is 0 Å². The first kappa shape index (κ1) is 9.38. The van der Waals surface area contributed by atoms with Crippen LogP contribution in [-0.2, 0) is 0 Å². The Bertz CT molecular complexity index is 191. The molecule has 0 aromatic rings. The van der Waals surface area contributed by atoms with E-state index in [0.29, 0.717) is 6.54 Å². The molecule has 0 spiro atoms. The van der Waals surface area contributed by atoms with Gasteiger partial charge in [-0.25, -0.2) is 8.78 Å². The monoisotopic (exact) mass is 189 g/mol. The number of halogens is 2. The third-order valence-electron chi connectivity index (χ3n) is 3.95. The Balaban J connectivity index is 1.92. The van der Waals surface area contributed by atoms with Crippen molar-refractivity contribution in [2.45, 2.75) is 44.4 Å². The zero-order chi connectivity index (χ0) is 9.53. The second kappa shape index (κ2) is 2.91. The van der Waals surface area contributed by atoms with Crippen molar-refractivity contribution in [3.63, 3.8) is 0 Å². The third kappa shape index (κ3) is 1.47. The minimum atomic E-state index is -2.36. The van der Waals surface area contributed by atoms with Crippen molar-refractivity contribution in [3.8, 4) is 0 Å². The van der Waals surface area contributed by atoms with Gasteiger partial charge in [0.1, 0.15) is 0 Å². The molecule has 0 atom stereocenters. The lowest BCUT2D eigenvalue weighted by molar-refractivity contribution is -0.167. The summed E-state index contributed by atoms with van der Waals surface area (Å²) < 4.78 is 25.4. The van der Waals surface area contributed by atoms with Gasteiger partial charge in [0.15, 0.2) is 0 Å². The van der Waals surface area contributed by atoms with E-state index in [1.54, 1.807) is 0 Å². The summed E-state index contributed by atoms with van der Waals surface area (Å²) in [5.41, 5.74) is 5.74. The maximum atomic E-state index is 12.7. The molecule has 0 saturated heterocycles. The summed E-state index contributed by atoms with van der Waals surface area (Å²) >= 11 is 0. The van der Waals surface area contributed by atoms with Gasteiger partial charge >= 0.3 is 0 Å². The maximum Gasteiger partial charge on any atom is 0.248 e. The van der Waals surface area contributed by atoms with E-state index in [2.05, 4.69) is 0 Å². The molecule has 0 aromatic heterocycles. The molecular weight excluding hydrogens is 172 g/mol. The number of alkyl halides is 2. The van der Waals surface area contributed by atoms with Crippen LogP contribution in [0.1, 0.15) is 38.5 Å². The summed E-state index contributed by atoms with van der Waals surface area (Å²) in [5.74, 6) is -2.10. The molecule has 0 radical (unpaired) electrons. The molecule has 0 bridgehead atoms. The van der Waals surface area contributed by atoms with Crippen LogP contribution in [0.3, 0.4) is 0 Å². The number of nitrogens with two attached hydrogens (primary N) is 1. The fourth-order valence-electron chi connectivity index (χ4n) is 2.87. The Morgan fingerprint density at radius 3 is 2.15 bits per heavy atom. The van der Waals surface area contributed by atoms with Gasteiger partial charge in [-0.3, -0.25) is 0 Å².